The predicted molar refractivity (Wildman–Crippen MR) is 82.8 cm³/mol. The molecule has 20 heavy (non-hydrogen) atoms. The van der Waals surface area contributed by atoms with Gasteiger partial charge >= 0.3 is 0 Å². The van der Waals surface area contributed by atoms with E-state index in [2.05, 4.69) is 37.1 Å². The maximum Gasteiger partial charge on any atom is 0.118 e. The van der Waals surface area contributed by atoms with Gasteiger partial charge in [-0.15, -0.1) is 0 Å². The molecule has 0 unspecified atom stereocenters. The number of furan rings is 1. The highest BCUT2D eigenvalue weighted by molar-refractivity contribution is 5.20. The van der Waals surface area contributed by atoms with E-state index in [4.69, 9.17) is 9.15 Å². The van der Waals surface area contributed by atoms with Gasteiger partial charge in [0.25, 0.3) is 0 Å². The Kier molecular flexibility index (Phi) is 7.88. The maximum absolute atomic E-state index is 5.86. The Morgan fingerprint density at radius 1 is 1.40 bits per heavy atom. The van der Waals surface area contributed by atoms with Crippen LogP contribution in [-0.2, 0) is 17.8 Å². The highest BCUT2D eigenvalue weighted by Crippen LogP contribution is 2.16. The average Bonchev–Trinajstić information content (AvgIpc) is 2.74. The van der Waals surface area contributed by atoms with Crippen LogP contribution >= 0.6 is 0 Å². The first-order valence-corrected chi connectivity index (χ1v) is 7.57. The largest absolute Gasteiger partial charge is 0.465 e. The van der Waals surface area contributed by atoms with Crippen molar-refractivity contribution in [3.63, 3.8) is 0 Å². The SMILES string of the molecule is CCN(CCOC)Cc1cc(CNCC(C)C)c(C)o1. The first-order chi connectivity index (χ1) is 9.56. The van der Waals surface area contributed by atoms with Crippen molar-refractivity contribution in [2.45, 2.75) is 40.8 Å². The van der Waals surface area contributed by atoms with Gasteiger partial charge in [-0.2, -0.15) is 0 Å². The molecule has 0 radical (unpaired) electrons. The minimum Gasteiger partial charge on any atom is -0.465 e. The van der Waals surface area contributed by atoms with Crippen molar-refractivity contribution in [3.8, 4) is 0 Å². The first kappa shape index (κ1) is 17.2. The second-order valence-electron chi connectivity index (χ2n) is 5.68. The van der Waals surface area contributed by atoms with E-state index >= 15 is 0 Å². The summed E-state index contributed by atoms with van der Waals surface area (Å²) in [5.41, 5.74) is 1.27. The Labute approximate surface area is 123 Å². The van der Waals surface area contributed by atoms with Gasteiger partial charge in [0.15, 0.2) is 0 Å². The van der Waals surface area contributed by atoms with Crippen LogP contribution in [-0.4, -0.2) is 38.3 Å². The topological polar surface area (TPSA) is 37.6 Å². The number of hydrogen-bond acceptors (Lipinski definition) is 4. The molecule has 1 N–H and O–H groups in total. The zero-order valence-electron chi connectivity index (χ0n) is 13.7. The maximum atomic E-state index is 5.86. The molecule has 1 rings (SSSR count). The fourth-order valence-electron chi connectivity index (χ4n) is 2.13. The van der Waals surface area contributed by atoms with Crippen molar-refractivity contribution in [2.75, 3.05) is 33.4 Å². The Morgan fingerprint density at radius 2 is 2.15 bits per heavy atom. The molecule has 0 atom stereocenters. The van der Waals surface area contributed by atoms with Crippen LogP contribution in [0.25, 0.3) is 0 Å². The first-order valence-electron chi connectivity index (χ1n) is 7.57. The molecule has 0 amide bonds. The molecule has 0 fully saturated rings. The minimum absolute atomic E-state index is 0.673. The van der Waals surface area contributed by atoms with Crippen molar-refractivity contribution in [2.24, 2.45) is 5.92 Å². The number of rotatable bonds is 10. The summed E-state index contributed by atoms with van der Waals surface area (Å²) < 4.78 is 11.0. The van der Waals surface area contributed by atoms with Crippen LogP contribution < -0.4 is 5.32 Å². The van der Waals surface area contributed by atoms with E-state index in [0.29, 0.717) is 5.92 Å². The highest BCUT2D eigenvalue weighted by atomic mass is 16.5. The summed E-state index contributed by atoms with van der Waals surface area (Å²) in [7, 11) is 1.74. The van der Waals surface area contributed by atoms with Crippen molar-refractivity contribution < 1.29 is 9.15 Å². The third-order valence-corrected chi connectivity index (χ3v) is 3.38. The molecule has 4 nitrogen and oxygen atoms in total. The van der Waals surface area contributed by atoms with Crippen LogP contribution in [0.4, 0.5) is 0 Å². The van der Waals surface area contributed by atoms with E-state index < -0.39 is 0 Å². The number of nitrogens with one attached hydrogen (secondary N) is 1. The number of nitrogens with zero attached hydrogens (tertiary/aromatic N) is 1. The van der Waals surface area contributed by atoms with E-state index in [1.165, 1.54) is 5.56 Å². The van der Waals surface area contributed by atoms with E-state index in [1.54, 1.807) is 7.11 Å². The fraction of sp³-hybridized carbons (Fsp3) is 0.750. The lowest BCUT2D eigenvalue weighted by atomic mass is 10.2. The van der Waals surface area contributed by atoms with Crippen LogP contribution in [0.5, 0.6) is 0 Å². The van der Waals surface area contributed by atoms with E-state index in [0.717, 1.165) is 50.9 Å². The Balaban J connectivity index is 2.50. The molecule has 1 aromatic rings. The quantitative estimate of drug-likeness (QED) is 0.716. The summed E-state index contributed by atoms with van der Waals surface area (Å²) in [6, 6.07) is 2.18. The van der Waals surface area contributed by atoms with E-state index in [1.807, 2.05) is 6.92 Å². The van der Waals surface area contributed by atoms with Crippen LogP contribution in [0.1, 0.15) is 37.9 Å². The summed E-state index contributed by atoms with van der Waals surface area (Å²) in [5.74, 6) is 2.74. The summed E-state index contributed by atoms with van der Waals surface area (Å²) >= 11 is 0. The summed E-state index contributed by atoms with van der Waals surface area (Å²) in [4.78, 5) is 2.33. The van der Waals surface area contributed by atoms with Gasteiger partial charge in [-0.25, -0.2) is 0 Å². The molecule has 4 heteroatoms. The second-order valence-corrected chi connectivity index (χ2v) is 5.68. The smallest absolute Gasteiger partial charge is 0.118 e. The molecule has 0 aliphatic heterocycles. The van der Waals surface area contributed by atoms with Crippen LogP contribution in [0.3, 0.4) is 0 Å². The number of likely N-dealkylation sites (N-methyl/N-ethyl adjacent to an activating group) is 1. The van der Waals surface area contributed by atoms with Crippen molar-refractivity contribution >= 4 is 0 Å². The molecule has 0 saturated carbocycles. The van der Waals surface area contributed by atoms with Crippen LogP contribution in [0.2, 0.25) is 0 Å². The van der Waals surface area contributed by atoms with Gasteiger partial charge in [-0.3, -0.25) is 4.90 Å². The molecule has 0 aliphatic carbocycles. The summed E-state index contributed by atoms with van der Waals surface area (Å²) in [5, 5.41) is 3.46. The predicted octanol–water partition coefficient (Wildman–Crippen LogP) is 2.80. The monoisotopic (exact) mass is 282 g/mol. The fourth-order valence-corrected chi connectivity index (χ4v) is 2.13. The molecule has 0 aromatic carbocycles. The van der Waals surface area contributed by atoms with E-state index in [-0.39, 0.29) is 0 Å². The lowest BCUT2D eigenvalue weighted by Gasteiger charge is -2.18. The molecular formula is C16H30N2O2. The normalized spacial score (nSPS) is 11.8. The third-order valence-electron chi connectivity index (χ3n) is 3.38. The average molecular weight is 282 g/mol. The van der Waals surface area contributed by atoms with Crippen LogP contribution in [0, 0.1) is 12.8 Å². The Bertz CT molecular complexity index is 375. The summed E-state index contributed by atoms with van der Waals surface area (Å²) in [6.45, 7) is 14.1. The molecule has 0 spiro atoms. The Hall–Kier alpha value is -0.840. The zero-order chi connectivity index (χ0) is 15.0. The lowest BCUT2D eigenvalue weighted by molar-refractivity contribution is 0.142. The number of hydrogen-bond donors (Lipinski definition) is 1. The van der Waals surface area contributed by atoms with Crippen molar-refractivity contribution in [3.05, 3.63) is 23.2 Å². The molecular weight excluding hydrogens is 252 g/mol. The van der Waals surface area contributed by atoms with Gasteiger partial charge in [-0.1, -0.05) is 20.8 Å². The summed E-state index contributed by atoms with van der Waals surface area (Å²) in [6.07, 6.45) is 0. The minimum atomic E-state index is 0.673. The number of ether oxygens (including phenoxy) is 1. The number of methoxy groups -OCH3 is 1. The van der Waals surface area contributed by atoms with Gasteiger partial charge in [0.1, 0.15) is 11.5 Å². The van der Waals surface area contributed by atoms with Gasteiger partial charge in [0.2, 0.25) is 0 Å². The van der Waals surface area contributed by atoms with Crippen LogP contribution in [0.15, 0.2) is 10.5 Å². The van der Waals surface area contributed by atoms with Gasteiger partial charge in [0, 0.05) is 25.8 Å². The van der Waals surface area contributed by atoms with Gasteiger partial charge in [-0.05, 0) is 32.0 Å². The van der Waals surface area contributed by atoms with Crippen molar-refractivity contribution in [1.29, 1.82) is 0 Å². The van der Waals surface area contributed by atoms with Crippen molar-refractivity contribution in [1.82, 2.24) is 10.2 Å². The highest BCUT2D eigenvalue weighted by Gasteiger charge is 2.10. The standard InChI is InChI=1S/C16H30N2O2/c1-6-18(7-8-19-5)12-16-9-15(14(4)20-16)11-17-10-13(2)3/h9,13,17H,6-8,10-12H2,1-5H3. The lowest BCUT2D eigenvalue weighted by Crippen LogP contribution is -2.26. The van der Waals surface area contributed by atoms with Gasteiger partial charge in [0.05, 0.1) is 13.2 Å². The molecule has 1 heterocycles. The van der Waals surface area contributed by atoms with E-state index in [9.17, 15) is 0 Å². The molecule has 116 valence electrons. The molecule has 0 aliphatic rings. The zero-order valence-corrected chi connectivity index (χ0v) is 13.7. The Morgan fingerprint density at radius 3 is 2.75 bits per heavy atom. The molecule has 0 saturated heterocycles. The number of aryl methyl sites for hydroxylation is 1. The second kappa shape index (κ2) is 9.16. The third kappa shape index (κ3) is 6.07. The molecule has 0 bridgehead atoms. The molecule has 1 aromatic heterocycles. The van der Waals surface area contributed by atoms with Gasteiger partial charge < -0.3 is 14.5 Å².